The molecular formula is C29H31N3O4. The number of fused-ring (bicyclic) bond motifs is 1. The summed E-state index contributed by atoms with van der Waals surface area (Å²) in [6.45, 7) is 0. The van der Waals surface area contributed by atoms with Gasteiger partial charge >= 0.3 is 0 Å². The third-order valence-electron chi connectivity index (χ3n) is 8.52. The fourth-order valence-corrected chi connectivity index (χ4v) is 7.52. The van der Waals surface area contributed by atoms with Crippen molar-refractivity contribution in [3.05, 3.63) is 64.4 Å². The first-order chi connectivity index (χ1) is 17.4. The number of hydrogen-bond acceptors (Lipinski definition) is 5. The number of rotatable bonds is 6. The summed E-state index contributed by atoms with van der Waals surface area (Å²) >= 11 is 0. The van der Waals surface area contributed by atoms with Gasteiger partial charge in [-0.2, -0.15) is 5.10 Å². The molecule has 3 aromatic rings. The Morgan fingerprint density at radius 3 is 2.28 bits per heavy atom. The smallest absolute Gasteiger partial charge is 0.265 e. The fraction of sp³-hybridized carbons (Fsp3) is 0.414. The summed E-state index contributed by atoms with van der Waals surface area (Å²) in [6, 6.07) is 14.0. The van der Waals surface area contributed by atoms with E-state index >= 15 is 0 Å². The molecule has 1 amide bonds. The number of ether oxygens (including phenoxy) is 1. The Kier molecular flexibility index (Phi) is 5.58. The summed E-state index contributed by atoms with van der Waals surface area (Å²) in [5, 5.41) is 16.4. The zero-order valence-electron chi connectivity index (χ0n) is 20.4. The number of hydrazone groups is 1. The highest BCUT2D eigenvalue weighted by molar-refractivity contribution is 6.02. The zero-order chi connectivity index (χ0) is 24.9. The van der Waals surface area contributed by atoms with Crippen molar-refractivity contribution in [2.45, 2.75) is 44.9 Å². The summed E-state index contributed by atoms with van der Waals surface area (Å²) < 4.78 is 6.46. The number of nitrogens with zero attached hydrogens (tertiary/aromatic N) is 2. The maximum atomic E-state index is 13.2. The average Bonchev–Trinajstić information content (AvgIpc) is 2.85. The molecule has 0 radical (unpaired) electrons. The maximum Gasteiger partial charge on any atom is 0.265 e. The quantitative estimate of drug-likeness (QED) is 0.389. The van der Waals surface area contributed by atoms with Crippen molar-refractivity contribution in [2.75, 3.05) is 7.11 Å². The number of methoxy groups -OCH3 is 1. The predicted molar refractivity (Wildman–Crippen MR) is 139 cm³/mol. The number of aromatic hydroxyl groups is 1. The standard InChI is InChI=1S/C29H31N3O4/c1-36-22-8-6-21(7-9-22)32-27(34)24-5-3-2-4-23(24)25(28(32)35)17-30-31-26(33)16-29-13-18-10-19(14-29)12-20(11-18)15-29/h2-9,17-20,35H,10-16H2,1H3,(H,31,33)/b30-17+. The second kappa shape index (κ2) is 8.80. The van der Waals surface area contributed by atoms with Crippen molar-refractivity contribution in [1.29, 1.82) is 0 Å². The molecule has 0 aliphatic heterocycles. The van der Waals surface area contributed by atoms with Gasteiger partial charge in [0, 0.05) is 17.2 Å². The van der Waals surface area contributed by atoms with E-state index in [0.29, 0.717) is 34.2 Å². The molecule has 2 aromatic carbocycles. The van der Waals surface area contributed by atoms with Gasteiger partial charge in [0.05, 0.1) is 24.6 Å². The molecule has 7 rings (SSSR count). The Labute approximate surface area is 209 Å². The van der Waals surface area contributed by atoms with Gasteiger partial charge in [0.25, 0.3) is 5.56 Å². The van der Waals surface area contributed by atoms with Crippen LogP contribution in [0.3, 0.4) is 0 Å². The van der Waals surface area contributed by atoms with Gasteiger partial charge in [-0.05, 0) is 92.0 Å². The molecule has 7 nitrogen and oxygen atoms in total. The van der Waals surface area contributed by atoms with E-state index in [1.807, 2.05) is 6.07 Å². The van der Waals surface area contributed by atoms with Crippen molar-refractivity contribution < 1.29 is 14.6 Å². The molecule has 2 N–H and O–H groups in total. The molecule has 4 bridgehead atoms. The molecule has 1 heterocycles. The van der Waals surface area contributed by atoms with Crippen LogP contribution in [-0.4, -0.2) is 28.9 Å². The normalized spacial score (nSPS) is 26.5. The molecule has 7 heteroatoms. The monoisotopic (exact) mass is 485 g/mol. The van der Waals surface area contributed by atoms with Gasteiger partial charge in [-0.3, -0.25) is 9.59 Å². The molecule has 0 saturated heterocycles. The van der Waals surface area contributed by atoms with Crippen molar-refractivity contribution in [3.8, 4) is 17.3 Å². The lowest BCUT2D eigenvalue weighted by Gasteiger charge is -2.56. The van der Waals surface area contributed by atoms with Crippen LogP contribution in [0.1, 0.15) is 50.5 Å². The van der Waals surface area contributed by atoms with Gasteiger partial charge in [-0.1, -0.05) is 18.2 Å². The Balaban J connectivity index is 1.28. The Bertz CT molecular complexity index is 1370. The summed E-state index contributed by atoms with van der Waals surface area (Å²) in [5.74, 6) is 2.69. The minimum Gasteiger partial charge on any atom is -0.497 e. The molecule has 0 unspecified atom stereocenters. The number of benzene rings is 2. The lowest BCUT2D eigenvalue weighted by Crippen LogP contribution is -2.47. The molecular weight excluding hydrogens is 454 g/mol. The van der Waals surface area contributed by atoms with E-state index in [-0.39, 0.29) is 22.8 Å². The number of nitrogens with one attached hydrogen (secondary N) is 1. The van der Waals surface area contributed by atoms with Crippen molar-refractivity contribution in [1.82, 2.24) is 9.99 Å². The topological polar surface area (TPSA) is 92.9 Å². The van der Waals surface area contributed by atoms with Gasteiger partial charge in [0.1, 0.15) is 5.75 Å². The SMILES string of the molecule is COc1ccc(-n2c(O)c(/C=N/NC(=O)CC34CC5CC(CC(C5)C3)C4)c3ccccc3c2=O)cc1. The van der Waals surface area contributed by atoms with Crippen LogP contribution in [0.25, 0.3) is 16.5 Å². The number of aromatic nitrogens is 1. The molecule has 0 spiro atoms. The van der Waals surface area contributed by atoms with Crippen LogP contribution in [0, 0.1) is 23.2 Å². The average molecular weight is 486 g/mol. The van der Waals surface area contributed by atoms with E-state index in [4.69, 9.17) is 4.74 Å². The fourth-order valence-electron chi connectivity index (χ4n) is 7.52. The summed E-state index contributed by atoms with van der Waals surface area (Å²) in [7, 11) is 1.57. The number of pyridine rings is 1. The van der Waals surface area contributed by atoms with Crippen LogP contribution in [-0.2, 0) is 4.79 Å². The molecule has 4 aliphatic carbocycles. The van der Waals surface area contributed by atoms with Crippen molar-refractivity contribution in [3.63, 3.8) is 0 Å². The lowest BCUT2D eigenvalue weighted by atomic mass is 9.49. The van der Waals surface area contributed by atoms with E-state index in [1.54, 1.807) is 49.6 Å². The third-order valence-corrected chi connectivity index (χ3v) is 8.52. The summed E-state index contributed by atoms with van der Waals surface area (Å²) in [4.78, 5) is 26.2. The molecule has 1 aromatic heterocycles. The molecule has 4 aliphatic rings. The second-order valence-electron chi connectivity index (χ2n) is 11.0. The van der Waals surface area contributed by atoms with E-state index < -0.39 is 0 Å². The number of carbonyl (C=O) groups is 1. The van der Waals surface area contributed by atoms with E-state index in [0.717, 1.165) is 37.0 Å². The lowest BCUT2D eigenvalue weighted by molar-refractivity contribution is -0.129. The molecule has 0 atom stereocenters. The number of amides is 1. The Morgan fingerprint density at radius 2 is 1.67 bits per heavy atom. The minimum atomic E-state index is -0.337. The first-order valence-electron chi connectivity index (χ1n) is 12.8. The minimum absolute atomic E-state index is 0.0829. The van der Waals surface area contributed by atoms with Gasteiger partial charge in [0.2, 0.25) is 11.8 Å². The van der Waals surface area contributed by atoms with Gasteiger partial charge in [-0.25, -0.2) is 9.99 Å². The zero-order valence-corrected chi connectivity index (χ0v) is 20.4. The highest BCUT2D eigenvalue weighted by atomic mass is 16.5. The van der Waals surface area contributed by atoms with Gasteiger partial charge in [-0.15, -0.1) is 0 Å². The highest BCUT2D eigenvalue weighted by Gasteiger charge is 2.51. The summed E-state index contributed by atoms with van der Waals surface area (Å²) in [6.07, 6.45) is 9.46. The predicted octanol–water partition coefficient (Wildman–Crippen LogP) is 4.76. The largest absolute Gasteiger partial charge is 0.497 e. The van der Waals surface area contributed by atoms with Gasteiger partial charge < -0.3 is 9.84 Å². The highest BCUT2D eigenvalue weighted by Crippen LogP contribution is 2.61. The maximum absolute atomic E-state index is 13.2. The molecule has 4 fully saturated rings. The van der Waals surface area contributed by atoms with Crippen LogP contribution < -0.4 is 15.7 Å². The first kappa shape index (κ1) is 22.8. The number of carbonyl (C=O) groups excluding carboxylic acids is 1. The summed E-state index contributed by atoms with van der Waals surface area (Å²) in [5.41, 5.74) is 3.37. The van der Waals surface area contributed by atoms with Crippen LogP contribution in [0.4, 0.5) is 0 Å². The van der Waals surface area contributed by atoms with E-state index in [9.17, 15) is 14.7 Å². The molecule has 36 heavy (non-hydrogen) atoms. The van der Waals surface area contributed by atoms with Crippen molar-refractivity contribution in [2.24, 2.45) is 28.3 Å². The first-order valence-corrected chi connectivity index (χ1v) is 12.8. The molecule has 186 valence electrons. The molecule has 4 saturated carbocycles. The van der Waals surface area contributed by atoms with Crippen LogP contribution in [0.2, 0.25) is 0 Å². The van der Waals surface area contributed by atoms with Crippen LogP contribution >= 0.6 is 0 Å². The van der Waals surface area contributed by atoms with Crippen LogP contribution in [0.15, 0.2) is 58.4 Å². The third kappa shape index (κ3) is 3.96. The Hall–Kier alpha value is -3.61. The van der Waals surface area contributed by atoms with E-state index in [1.165, 1.54) is 30.0 Å². The van der Waals surface area contributed by atoms with Crippen molar-refractivity contribution >= 4 is 22.9 Å². The number of hydrogen-bond donors (Lipinski definition) is 2. The van der Waals surface area contributed by atoms with Gasteiger partial charge in [0.15, 0.2) is 0 Å². The van der Waals surface area contributed by atoms with Crippen LogP contribution in [0.5, 0.6) is 11.6 Å². The Morgan fingerprint density at radius 1 is 1.06 bits per heavy atom. The van der Waals surface area contributed by atoms with E-state index in [2.05, 4.69) is 10.5 Å². The second-order valence-corrected chi connectivity index (χ2v) is 11.0.